The molecule has 0 amide bonds. The Morgan fingerprint density at radius 1 is 1.12 bits per heavy atom. The SMILES string of the molecule is CN(c1ccc(I)cc1)c1nc(OC2CCCCC2)ncc1C(F)(F)F. The summed E-state index contributed by atoms with van der Waals surface area (Å²) in [7, 11) is 1.56. The predicted molar refractivity (Wildman–Crippen MR) is 102 cm³/mol. The van der Waals surface area contributed by atoms with Crippen molar-refractivity contribution in [3.63, 3.8) is 0 Å². The van der Waals surface area contributed by atoms with Crippen LogP contribution in [0.4, 0.5) is 24.7 Å². The third-order valence-electron chi connectivity index (χ3n) is 4.41. The predicted octanol–water partition coefficient (Wildman–Crippen LogP) is 5.58. The first kappa shape index (κ1) is 19.2. The lowest BCUT2D eigenvalue weighted by atomic mass is 9.98. The quantitative estimate of drug-likeness (QED) is 0.540. The van der Waals surface area contributed by atoms with Gasteiger partial charge in [-0.15, -0.1) is 0 Å². The molecule has 1 aliphatic carbocycles. The van der Waals surface area contributed by atoms with Crippen LogP contribution in [0.3, 0.4) is 0 Å². The number of alkyl halides is 3. The van der Waals surface area contributed by atoms with E-state index in [9.17, 15) is 13.2 Å². The molecule has 2 aromatic rings. The molecule has 140 valence electrons. The highest BCUT2D eigenvalue weighted by Gasteiger charge is 2.37. The van der Waals surface area contributed by atoms with Crippen molar-refractivity contribution < 1.29 is 17.9 Å². The summed E-state index contributed by atoms with van der Waals surface area (Å²) >= 11 is 2.15. The van der Waals surface area contributed by atoms with Gasteiger partial charge in [-0.05, 0) is 72.5 Å². The Labute approximate surface area is 163 Å². The van der Waals surface area contributed by atoms with E-state index >= 15 is 0 Å². The van der Waals surface area contributed by atoms with E-state index in [1.165, 1.54) is 4.90 Å². The Morgan fingerprint density at radius 2 is 1.77 bits per heavy atom. The summed E-state index contributed by atoms with van der Waals surface area (Å²) in [6.45, 7) is 0. The molecular weight excluding hydrogens is 458 g/mol. The van der Waals surface area contributed by atoms with Crippen LogP contribution < -0.4 is 9.64 Å². The number of anilines is 2. The summed E-state index contributed by atoms with van der Waals surface area (Å²) in [6, 6.07) is 7.18. The van der Waals surface area contributed by atoms with E-state index in [0.717, 1.165) is 41.9 Å². The van der Waals surface area contributed by atoms with Gasteiger partial charge in [-0.2, -0.15) is 18.2 Å². The fourth-order valence-electron chi connectivity index (χ4n) is 2.99. The maximum Gasteiger partial charge on any atom is 0.421 e. The lowest BCUT2D eigenvalue weighted by Crippen LogP contribution is -2.23. The third-order valence-corrected chi connectivity index (χ3v) is 5.13. The Bertz CT molecular complexity index is 746. The van der Waals surface area contributed by atoms with Gasteiger partial charge in [0.1, 0.15) is 11.7 Å². The summed E-state index contributed by atoms with van der Waals surface area (Å²) in [5.74, 6) is -0.209. The van der Waals surface area contributed by atoms with E-state index in [-0.39, 0.29) is 17.9 Å². The molecule has 1 saturated carbocycles. The first-order valence-electron chi connectivity index (χ1n) is 8.45. The van der Waals surface area contributed by atoms with E-state index in [4.69, 9.17) is 4.74 Å². The number of halogens is 4. The van der Waals surface area contributed by atoms with Gasteiger partial charge in [-0.3, -0.25) is 0 Å². The van der Waals surface area contributed by atoms with Gasteiger partial charge in [0.25, 0.3) is 0 Å². The molecule has 3 rings (SSSR count). The Kier molecular flexibility index (Phi) is 5.89. The number of ether oxygens (including phenoxy) is 1. The van der Waals surface area contributed by atoms with Gasteiger partial charge in [0.05, 0.1) is 0 Å². The second-order valence-corrected chi connectivity index (χ2v) is 7.55. The van der Waals surface area contributed by atoms with Crippen LogP contribution in [-0.2, 0) is 6.18 Å². The van der Waals surface area contributed by atoms with Crippen molar-refractivity contribution in [2.45, 2.75) is 44.4 Å². The minimum Gasteiger partial charge on any atom is -0.460 e. The summed E-state index contributed by atoms with van der Waals surface area (Å²) in [5.41, 5.74) is -0.271. The van der Waals surface area contributed by atoms with Gasteiger partial charge in [0.2, 0.25) is 0 Å². The van der Waals surface area contributed by atoms with Crippen LogP contribution in [0.5, 0.6) is 6.01 Å². The molecule has 0 atom stereocenters. The Morgan fingerprint density at radius 3 is 2.38 bits per heavy atom. The molecule has 1 heterocycles. The monoisotopic (exact) mass is 477 g/mol. The lowest BCUT2D eigenvalue weighted by Gasteiger charge is -2.25. The van der Waals surface area contributed by atoms with Crippen LogP contribution in [0.25, 0.3) is 0 Å². The molecule has 1 fully saturated rings. The molecule has 26 heavy (non-hydrogen) atoms. The van der Waals surface area contributed by atoms with Crippen molar-refractivity contribution in [1.29, 1.82) is 0 Å². The Hall–Kier alpha value is -1.58. The van der Waals surface area contributed by atoms with Crippen LogP contribution in [0, 0.1) is 3.57 Å². The average molecular weight is 477 g/mol. The molecule has 1 aliphatic rings. The minimum atomic E-state index is -4.55. The van der Waals surface area contributed by atoms with Crippen LogP contribution in [-0.4, -0.2) is 23.1 Å². The van der Waals surface area contributed by atoms with E-state index in [1.807, 2.05) is 12.1 Å². The maximum atomic E-state index is 13.4. The third kappa shape index (κ3) is 4.57. The first-order valence-corrected chi connectivity index (χ1v) is 9.52. The topological polar surface area (TPSA) is 38.2 Å². The van der Waals surface area contributed by atoms with Gasteiger partial charge in [-0.1, -0.05) is 6.42 Å². The average Bonchev–Trinajstić information content (AvgIpc) is 2.61. The first-order chi connectivity index (χ1) is 12.3. The van der Waals surface area contributed by atoms with Crippen molar-refractivity contribution in [2.75, 3.05) is 11.9 Å². The fraction of sp³-hybridized carbons (Fsp3) is 0.444. The lowest BCUT2D eigenvalue weighted by molar-refractivity contribution is -0.137. The minimum absolute atomic E-state index is 0.00254. The number of hydrogen-bond acceptors (Lipinski definition) is 4. The van der Waals surface area contributed by atoms with Gasteiger partial charge in [0.15, 0.2) is 5.82 Å². The summed E-state index contributed by atoms with van der Waals surface area (Å²) < 4.78 is 47.0. The molecule has 1 aromatic carbocycles. The molecule has 4 nitrogen and oxygen atoms in total. The van der Waals surface area contributed by atoms with Gasteiger partial charge in [0, 0.05) is 22.5 Å². The molecule has 0 saturated heterocycles. The van der Waals surface area contributed by atoms with E-state index in [0.29, 0.717) is 5.69 Å². The second-order valence-electron chi connectivity index (χ2n) is 6.30. The van der Waals surface area contributed by atoms with Gasteiger partial charge in [-0.25, -0.2) is 4.98 Å². The number of benzene rings is 1. The molecule has 0 spiro atoms. The van der Waals surface area contributed by atoms with Crippen molar-refractivity contribution in [2.24, 2.45) is 0 Å². The van der Waals surface area contributed by atoms with Crippen molar-refractivity contribution in [1.82, 2.24) is 9.97 Å². The van der Waals surface area contributed by atoms with Crippen LogP contribution in [0.1, 0.15) is 37.7 Å². The molecule has 0 radical (unpaired) electrons. The number of aromatic nitrogens is 2. The molecule has 0 unspecified atom stereocenters. The highest BCUT2D eigenvalue weighted by molar-refractivity contribution is 14.1. The van der Waals surface area contributed by atoms with E-state index in [2.05, 4.69) is 32.6 Å². The van der Waals surface area contributed by atoms with Crippen LogP contribution >= 0.6 is 22.6 Å². The smallest absolute Gasteiger partial charge is 0.421 e. The van der Waals surface area contributed by atoms with Crippen LogP contribution in [0.15, 0.2) is 30.5 Å². The molecular formula is C18H19F3IN3O. The summed E-state index contributed by atoms with van der Waals surface area (Å²) in [5, 5.41) is 0. The zero-order valence-electron chi connectivity index (χ0n) is 14.3. The van der Waals surface area contributed by atoms with Crippen molar-refractivity contribution in [3.8, 4) is 6.01 Å². The number of nitrogens with zero attached hydrogens (tertiary/aromatic N) is 3. The van der Waals surface area contributed by atoms with Crippen molar-refractivity contribution in [3.05, 3.63) is 39.6 Å². The molecule has 8 heteroatoms. The van der Waals surface area contributed by atoms with E-state index < -0.39 is 11.7 Å². The number of hydrogen-bond donors (Lipinski definition) is 0. The molecule has 0 bridgehead atoms. The normalized spacial score (nSPS) is 15.7. The van der Waals surface area contributed by atoms with Crippen molar-refractivity contribution >= 4 is 34.1 Å². The maximum absolute atomic E-state index is 13.4. The standard InChI is InChI=1S/C18H19F3IN3O/c1-25(13-9-7-12(22)8-10-13)16-15(18(19,20)21)11-23-17(24-16)26-14-5-3-2-4-6-14/h7-11,14H,2-6H2,1H3. The van der Waals surface area contributed by atoms with E-state index in [1.54, 1.807) is 19.2 Å². The summed E-state index contributed by atoms with van der Waals surface area (Å²) in [6.07, 6.45) is 1.27. The summed E-state index contributed by atoms with van der Waals surface area (Å²) in [4.78, 5) is 9.32. The molecule has 1 aromatic heterocycles. The van der Waals surface area contributed by atoms with Crippen LogP contribution in [0.2, 0.25) is 0 Å². The number of rotatable bonds is 4. The highest BCUT2D eigenvalue weighted by Crippen LogP contribution is 2.38. The second kappa shape index (κ2) is 7.98. The highest BCUT2D eigenvalue weighted by atomic mass is 127. The zero-order valence-corrected chi connectivity index (χ0v) is 16.4. The largest absolute Gasteiger partial charge is 0.460 e. The molecule has 0 N–H and O–H groups in total. The molecule has 0 aliphatic heterocycles. The fourth-order valence-corrected chi connectivity index (χ4v) is 3.35. The van der Waals surface area contributed by atoms with Gasteiger partial charge < -0.3 is 9.64 Å². The Balaban J connectivity index is 1.93. The zero-order chi connectivity index (χ0) is 18.7. The van der Waals surface area contributed by atoms with Gasteiger partial charge >= 0.3 is 12.2 Å².